The fourth-order valence-electron chi connectivity index (χ4n) is 2.78. The van der Waals surface area contributed by atoms with E-state index >= 15 is 0 Å². The molecule has 0 aromatic heterocycles. The molecule has 1 N–H and O–H groups in total. The highest BCUT2D eigenvalue weighted by atomic mass is 16.5. The van der Waals surface area contributed by atoms with Gasteiger partial charge in [0.1, 0.15) is 5.75 Å². The fraction of sp³-hybridized carbons (Fsp3) is 0.667. The molecular weight excluding hydrogens is 300 g/mol. The summed E-state index contributed by atoms with van der Waals surface area (Å²) >= 11 is 0. The summed E-state index contributed by atoms with van der Waals surface area (Å²) < 4.78 is 5.79. The van der Waals surface area contributed by atoms with Crippen LogP contribution < -0.4 is 4.74 Å². The van der Waals surface area contributed by atoms with Gasteiger partial charge in [-0.15, -0.1) is 0 Å². The van der Waals surface area contributed by atoms with Crippen LogP contribution in [-0.4, -0.2) is 17.7 Å². The zero-order chi connectivity index (χ0) is 17.5. The molecule has 3 nitrogen and oxygen atoms in total. The Labute approximate surface area is 147 Å². The van der Waals surface area contributed by atoms with E-state index in [9.17, 15) is 4.79 Å². The van der Waals surface area contributed by atoms with E-state index in [-0.39, 0.29) is 6.42 Å². The molecule has 0 radical (unpaired) electrons. The van der Waals surface area contributed by atoms with Crippen molar-refractivity contribution in [3.8, 4) is 5.75 Å². The molecule has 24 heavy (non-hydrogen) atoms. The number of unbranched alkanes of at least 4 members (excludes halogenated alkanes) is 8. The molecule has 136 valence electrons. The van der Waals surface area contributed by atoms with Crippen molar-refractivity contribution in [3.05, 3.63) is 29.8 Å². The van der Waals surface area contributed by atoms with Gasteiger partial charge in [-0.1, -0.05) is 64.0 Å². The summed E-state index contributed by atoms with van der Waals surface area (Å²) in [4.78, 5) is 10.5. The standard InChI is InChI=1S/C21H34O3/c1-2-3-4-5-6-7-8-11-18-24-20-16-14-19(15-17-20)12-9-10-13-21(22)23/h14-17H,2-13,18H2,1H3,(H,22,23). The van der Waals surface area contributed by atoms with Crippen molar-refractivity contribution in [2.45, 2.75) is 84.0 Å². The normalized spacial score (nSPS) is 10.7. The van der Waals surface area contributed by atoms with E-state index in [1.165, 1.54) is 50.5 Å². The Hall–Kier alpha value is -1.51. The number of carboxylic acid groups (broad SMARTS) is 1. The lowest BCUT2D eigenvalue weighted by Gasteiger charge is -2.07. The minimum Gasteiger partial charge on any atom is -0.494 e. The third-order valence-electron chi connectivity index (χ3n) is 4.30. The van der Waals surface area contributed by atoms with Gasteiger partial charge in [-0.2, -0.15) is 0 Å². The summed E-state index contributed by atoms with van der Waals surface area (Å²) in [5.41, 5.74) is 1.25. The predicted octanol–water partition coefficient (Wildman–Crippen LogP) is 6.00. The first kappa shape index (κ1) is 20.5. The van der Waals surface area contributed by atoms with Crippen LogP contribution in [0.1, 0.15) is 83.1 Å². The maximum absolute atomic E-state index is 10.5. The quantitative estimate of drug-likeness (QED) is 0.400. The van der Waals surface area contributed by atoms with E-state index in [2.05, 4.69) is 19.1 Å². The average Bonchev–Trinajstić information content (AvgIpc) is 2.58. The van der Waals surface area contributed by atoms with E-state index in [1.54, 1.807) is 0 Å². The number of hydrogen-bond donors (Lipinski definition) is 1. The molecular formula is C21H34O3. The molecule has 0 fully saturated rings. The Morgan fingerprint density at radius 2 is 1.50 bits per heavy atom. The molecule has 3 heteroatoms. The molecule has 0 bridgehead atoms. The molecule has 0 unspecified atom stereocenters. The van der Waals surface area contributed by atoms with Crippen LogP contribution in [0, 0.1) is 0 Å². The molecule has 1 aromatic rings. The molecule has 1 rings (SSSR count). The fourth-order valence-corrected chi connectivity index (χ4v) is 2.78. The molecule has 1 aromatic carbocycles. The maximum Gasteiger partial charge on any atom is 0.303 e. The molecule has 0 atom stereocenters. The molecule has 0 saturated carbocycles. The number of ether oxygens (including phenoxy) is 1. The molecule has 0 aliphatic heterocycles. The highest BCUT2D eigenvalue weighted by Crippen LogP contribution is 2.15. The highest BCUT2D eigenvalue weighted by molar-refractivity contribution is 5.66. The average molecular weight is 335 g/mol. The van der Waals surface area contributed by atoms with Gasteiger partial charge < -0.3 is 9.84 Å². The van der Waals surface area contributed by atoms with E-state index in [0.29, 0.717) is 0 Å². The Bertz CT molecular complexity index is 425. The third kappa shape index (κ3) is 11.1. The molecule has 0 aliphatic carbocycles. The Morgan fingerprint density at radius 3 is 2.12 bits per heavy atom. The van der Waals surface area contributed by atoms with Crippen molar-refractivity contribution in [1.82, 2.24) is 0 Å². The number of aryl methyl sites for hydroxylation is 1. The number of carboxylic acids is 1. The largest absolute Gasteiger partial charge is 0.494 e. The number of rotatable bonds is 15. The van der Waals surface area contributed by atoms with E-state index in [1.807, 2.05) is 12.1 Å². The molecule has 0 aliphatic rings. The SMILES string of the molecule is CCCCCCCCCCOc1ccc(CCCCC(=O)O)cc1. The van der Waals surface area contributed by atoms with Crippen molar-refractivity contribution in [2.24, 2.45) is 0 Å². The van der Waals surface area contributed by atoms with Gasteiger partial charge >= 0.3 is 5.97 Å². The van der Waals surface area contributed by atoms with E-state index in [4.69, 9.17) is 9.84 Å². The van der Waals surface area contributed by atoms with Gasteiger partial charge in [-0.05, 0) is 43.4 Å². The molecule has 0 spiro atoms. The lowest BCUT2D eigenvalue weighted by molar-refractivity contribution is -0.137. The van der Waals surface area contributed by atoms with Crippen LogP contribution in [0.4, 0.5) is 0 Å². The minimum atomic E-state index is -0.709. The van der Waals surface area contributed by atoms with Gasteiger partial charge in [0.05, 0.1) is 6.61 Å². The Morgan fingerprint density at radius 1 is 0.875 bits per heavy atom. The van der Waals surface area contributed by atoms with Gasteiger partial charge in [0.2, 0.25) is 0 Å². The van der Waals surface area contributed by atoms with Gasteiger partial charge in [-0.25, -0.2) is 0 Å². The first-order valence-corrected chi connectivity index (χ1v) is 9.66. The summed E-state index contributed by atoms with van der Waals surface area (Å²) in [6, 6.07) is 8.22. The lowest BCUT2D eigenvalue weighted by atomic mass is 10.1. The molecule has 0 saturated heterocycles. The second kappa shape index (κ2) is 13.9. The second-order valence-electron chi connectivity index (χ2n) is 6.57. The van der Waals surface area contributed by atoms with Crippen molar-refractivity contribution >= 4 is 5.97 Å². The summed E-state index contributed by atoms with van der Waals surface area (Å²) in [5, 5.41) is 8.62. The van der Waals surface area contributed by atoms with Crippen LogP contribution in [-0.2, 0) is 11.2 Å². The first-order valence-electron chi connectivity index (χ1n) is 9.66. The second-order valence-corrected chi connectivity index (χ2v) is 6.57. The summed E-state index contributed by atoms with van der Waals surface area (Å²) in [5.74, 6) is 0.229. The van der Waals surface area contributed by atoms with Gasteiger partial charge in [0, 0.05) is 6.42 Å². The predicted molar refractivity (Wildman–Crippen MR) is 99.7 cm³/mol. The van der Waals surface area contributed by atoms with Gasteiger partial charge in [0.15, 0.2) is 0 Å². The topological polar surface area (TPSA) is 46.5 Å². The molecule has 0 heterocycles. The summed E-state index contributed by atoms with van der Waals surface area (Å²) in [6.45, 7) is 3.05. The highest BCUT2D eigenvalue weighted by Gasteiger charge is 1.99. The smallest absolute Gasteiger partial charge is 0.303 e. The molecule has 0 amide bonds. The van der Waals surface area contributed by atoms with Gasteiger partial charge in [-0.3, -0.25) is 4.79 Å². The zero-order valence-corrected chi connectivity index (χ0v) is 15.3. The van der Waals surface area contributed by atoms with Crippen LogP contribution in [0.15, 0.2) is 24.3 Å². The van der Waals surface area contributed by atoms with Crippen LogP contribution >= 0.6 is 0 Å². The van der Waals surface area contributed by atoms with Crippen LogP contribution in [0.3, 0.4) is 0 Å². The maximum atomic E-state index is 10.5. The van der Waals surface area contributed by atoms with E-state index < -0.39 is 5.97 Å². The Kier molecular flexibility index (Phi) is 11.9. The van der Waals surface area contributed by atoms with Crippen molar-refractivity contribution < 1.29 is 14.6 Å². The number of aliphatic carboxylic acids is 1. The lowest BCUT2D eigenvalue weighted by Crippen LogP contribution is -1.98. The van der Waals surface area contributed by atoms with Gasteiger partial charge in [0.25, 0.3) is 0 Å². The van der Waals surface area contributed by atoms with Crippen LogP contribution in [0.25, 0.3) is 0 Å². The minimum absolute atomic E-state index is 0.264. The first-order chi connectivity index (χ1) is 11.7. The number of benzene rings is 1. The zero-order valence-electron chi connectivity index (χ0n) is 15.3. The Balaban J connectivity index is 2.02. The number of carbonyl (C=O) groups is 1. The van der Waals surface area contributed by atoms with Crippen molar-refractivity contribution in [3.63, 3.8) is 0 Å². The van der Waals surface area contributed by atoms with E-state index in [0.717, 1.165) is 38.0 Å². The van der Waals surface area contributed by atoms with Crippen molar-refractivity contribution in [2.75, 3.05) is 6.61 Å². The van der Waals surface area contributed by atoms with Crippen LogP contribution in [0.5, 0.6) is 5.75 Å². The summed E-state index contributed by atoms with van der Waals surface area (Å²) in [6.07, 6.45) is 13.4. The summed E-state index contributed by atoms with van der Waals surface area (Å²) in [7, 11) is 0. The van der Waals surface area contributed by atoms with Crippen LogP contribution in [0.2, 0.25) is 0 Å². The monoisotopic (exact) mass is 334 g/mol. The third-order valence-corrected chi connectivity index (χ3v) is 4.30. The van der Waals surface area contributed by atoms with Crippen molar-refractivity contribution in [1.29, 1.82) is 0 Å². The number of hydrogen-bond acceptors (Lipinski definition) is 2.